The molecule has 1 heterocycles. The van der Waals surface area contributed by atoms with Crippen LogP contribution in [0.1, 0.15) is 24.4 Å². The molecule has 0 fully saturated rings. The van der Waals surface area contributed by atoms with Crippen LogP contribution in [0.4, 0.5) is 5.69 Å². The molecule has 4 aromatic rings. The summed E-state index contributed by atoms with van der Waals surface area (Å²) in [4.78, 5) is 29.4. The van der Waals surface area contributed by atoms with E-state index in [1.807, 2.05) is 49.4 Å². The molecule has 186 valence electrons. The first-order chi connectivity index (χ1) is 17.4. The number of rotatable bonds is 9. The van der Waals surface area contributed by atoms with E-state index in [0.717, 1.165) is 13.7 Å². The van der Waals surface area contributed by atoms with Gasteiger partial charge in [0.2, 0.25) is 11.8 Å². The molecule has 0 aliphatic rings. The Bertz CT molecular complexity index is 1370. The normalized spacial score (nSPS) is 12.6. The van der Waals surface area contributed by atoms with Gasteiger partial charge in [-0.3, -0.25) is 4.79 Å². The highest BCUT2D eigenvalue weighted by Gasteiger charge is 2.33. The van der Waals surface area contributed by atoms with E-state index in [1.54, 1.807) is 36.4 Å². The maximum Gasteiger partial charge on any atom is 0.329 e. The molecule has 3 aromatic carbocycles. The van der Waals surface area contributed by atoms with Crippen molar-refractivity contribution in [1.82, 2.24) is 9.55 Å². The van der Waals surface area contributed by atoms with Gasteiger partial charge in [-0.1, -0.05) is 37.3 Å². The summed E-state index contributed by atoms with van der Waals surface area (Å²) in [6, 6.07) is 22.4. The fraction of sp³-hybridized carbons (Fsp3) is 0.185. The number of amides is 1. The Hall–Kier alpha value is -3.57. The molecule has 0 saturated heterocycles. The summed E-state index contributed by atoms with van der Waals surface area (Å²) in [7, 11) is 0. The highest BCUT2D eigenvalue weighted by atomic mass is 127. The van der Waals surface area contributed by atoms with Crippen LogP contribution in [0.25, 0.3) is 11.3 Å². The summed E-state index contributed by atoms with van der Waals surface area (Å²) < 4.78 is 7.50. The summed E-state index contributed by atoms with van der Waals surface area (Å²) in [5.41, 5.74) is 1.57. The fourth-order valence-corrected chi connectivity index (χ4v) is 4.40. The smallest absolute Gasteiger partial charge is 0.329 e. The number of benzene rings is 3. The molecule has 0 spiro atoms. The summed E-state index contributed by atoms with van der Waals surface area (Å²) in [5, 5.41) is 23.0. The van der Waals surface area contributed by atoms with E-state index < -0.39 is 23.6 Å². The first-order valence-electron chi connectivity index (χ1n) is 11.4. The van der Waals surface area contributed by atoms with Gasteiger partial charge in [0.15, 0.2) is 0 Å². The molecule has 0 aliphatic heterocycles. The Labute approximate surface area is 221 Å². The highest BCUT2D eigenvalue weighted by molar-refractivity contribution is 14.1. The predicted molar refractivity (Wildman–Crippen MR) is 146 cm³/mol. The second-order valence-electron chi connectivity index (χ2n) is 8.24. The number of aromatic nitrogens is 2. The number of aromatic amines is 1. The maximum absolute atomic E-state index is 13.6. The fourth-order valence-electron chi connectivity index (χ4n) is 4.04. The van der Waals surface area contributed by atoms with Gasteiger partial charge in [0.1, 0.15) is 24.1 Å². The third-order valence-corrected chi connectivity index (χ3v) is 6.58. The minimum absolute atomic E-state index is 0.107. The lowest BCUT2D eigenvalue weighted by molar-refractivity contribution is -0.120. The monoisotopic (exact) mass is 599 g/mol. The number of ether oxygens (including phenoxy) is 1. The second kappa shape index (κ2) is 11.4. The van der Waals surface area contributed by atoms with E-state index in [2.05, 4.69) is 32.9 Å². The second-order valence-corrected chi connectivity index (χ2v) is 9.48. The highest BCUT2D eigenvalue weighted by Crippen LogP contribution is 2.35. The quantitative estimate of drug-likeness (QED) is 0.212. The number of aromatic hydroxyl groups is 1. The van der Waals surface area contributed by atoms with Gasteiger partial charge in [-0.2, -0.15) is 0 Å². The third-order valence-electron chi connectivity index (χ3n) is 5.86. The molecule has 8 nitrogen and oxygen atoms in total. The third kappa shape index (κ3) is 5.63. The van der Waals surface area contributed by atoms with Crippen LogP contribution in [0.15, 0.2) is 83.7 Å². The van der Waals surface area contributed by atoms with Crippen molar-refractivity contribution in [3.8, 4) is 22.9 Å². The van der Waals surface area contributed by atoms with Crippen molar-refractivity contribution >= 4 is 34.2 Å². The number of nitrogens with zero attached hydrogens (tertiary/aromatic N) is 1. The number of halogens is 1. The van der Waals surface area contributed by atoms with E-state index in [1.165, 1.54) is 0 Å². The van der Waals surface area contributed by atoms with Crippen LogP contribution in [0.3, 0.4) is 0 Å². The van der Waals surface area contributed by atoms with Crippen LogP contribution in [0.5, 0.6) is 11.6 Å². The minimum atomic E-state index is -1.03. The number of imidazole rings is 1. The number of anilines is 1. The molecular weight excluding hydrogens is 573 g/mol. The standard InChI is InChI=1S/C27H26IN3O5/c1-17(18-5-3-2-4-6-18)24(25(33)29-21-11-9-20(28)10-12-21)31-26(34)23(30-27(31)35)19-7-13-22(14-8-19)36-16-15-32/h2-14,17,24,32,34H,15-16H2,1H3,(H,29,33)(H,30,35)/t17-,24-/m0/s1. The zero-order valence-corrected chi connectivity index (χ0v) is 21.7. The van der Waals surface area contributed by atoms with E-state index in [0.29, 0.717) is 17.0 Å². The zero-order valence-electron chi connectivity index (χ0n) is 19.5. The Kier molecular flexibility index (Phi) is 8.11. The molecule has 4 rings (SSSR count). The number of carbonyl (C=O) groups excluding carboxylic acids is 1. The van der Waals surface area contributed by atoms with Gasteiger partial charge < -0.3 is 25.3 Å². The number of aliphatic hydroxyl groups excluding tert-OH is 1. The van der Waals surface area contributed by atoms with Crippen LogP contribution in [-0.2, 0) is 4.79 Å². The first-order valence-corrected chi connectivity index (χ1v) is 12.5. The van der Waals surface area contributed by atoms with Gasteiger partial charge in [-0.15, -0.1) is 0 Å². The Balaban J connectivity index is 1.73. The number of H-pyrrole nitrogens is 1. The summed E-state index contributed by atoms with van der Waals surface area (Å²) in [6.07, 6.45) is 0. The van der Waals surface area contributed by atoms with Crippen molar-refractivity contribution in [3.05, 3.63) is 98.5 Å². The Morgan fingerprint density at radius 3 is 2.36 bits per heavy atom. The van der Waals surface area contributed by atoms with Crippen molar-refractivity contribution in [3.63, 3.8) is 0 Å². The number of hydrogen-bond donors (Lipinski definition) is 4. The van der Waals surface area contributed by atoms with Crippen molar-refractivity contribution in [2.24, 2.45) is 0 Å². The molecular formula is C27H26IN3O5. The molecule has 0 aliphatic carbocycles. The van der Waals surface area contributed by atoms with Crippen LogP contribution in [0, 0.1) is 3.57 Å². The van der Waals surface area contributed by atoms with Crippen LogP contribution >= 0.6 is 22.6 Å². The van der Waals surface area contributed by atoms with Crippen molar-refractivity contribution in [2.75, 3.05) is 18.5 Å². The zero-order chi connectivity index (χ0) is 25.7. The number of carbonyl (C=O) groups is 1. The lowest BCUT2D eigenvalue weighted by Crippen LogP contribution is -2.35. The van der Waals surface area contributed by atoms with Crippen LogP contribution in [-0.4, -0.2) is 38.9 Å². The maximum atomic E-state index is 13.6. The molecule has 0 bridgehead atoms. The number of aliphatic hydroxyl groups is 1. The van der Waals surface area contributed by atoms with E-state index in [4.69, 9.17) is 9.84 Å². The predicted octanol–water partition coefficient (Wildman–Crippen LogP) is 4.51. The SMILES string of the molecule is C[C@@H](c1ccccc1)[C@@H](C(=O)Nc1ccc(I)cc1)n1c(O)c(-c2ccc(OCCO)cc2)[nH]c1=O. The largest absolute Gasteiger partial charge is 0.493 e. The summed E-state index contributed by atoms with van der Waals surface area (Å²) >= 11 is 2.18. The molecule has 0 unspecified atom stereocenters. The lowest BCUT2D eigenvalue weighted by Gasteiger charge is -2.25. The number of hydrogen-bond acceptors (Lipinski definition) is 5. The first kappa shape index (κ1) is 25.5. The molecule has 0 saturated carbocycles. The van der Waals surface area contributed by atoms with Crippen LogP contribution in [0.2, 0.25) is 0 Å². The average molecular weight is 599 g/mol. The van der Waals surface area contributed by atoms with E-state index in [9.17, 15) is 14.7 Å². The summed E-state index contributed by atoms with van der Waals surface area (Å²) in [6.45, 7) is 1.90. The minimum Gasteiger partial charge on any atom is -0.493 e. The average Bonchev–Trinajstić information content (AvgIpc) is 3.18. The van der Waals surface area contributed by atoms with Crippen molar-refractivity contribution in [2.45, 2.75) is 18.9 Å². The molecule has 36 heavy (non-hydrogen) atoms. The molecule has 0 radical (unpaired) electrons. The Morgan fingerprint density at radius 2 is 1.72 bits per heavy atom. The lowest BCUT2D eigenvalue weighted by atomic mass is 9.92. The van der Waals surface area contributed by atoms with Crippen molar-refractivity contribution in [1.29, 1.82) is 0 Å². The molecule has 1 amide bonds. The summed E-state index contributed by atoms with van der Waals surface area (Å²) in [5.74, 6) is -0.657. The van der Waals surface area contributed by atoms with Gasteiger partial charge in [0.25, 0.3) is 0 Å². The number of nitrogens with one attached hydrogen (secondary N) is 2. The molecule has 1 aromatic heterocycles. The molecule has 9 heteroatoms. The van der Waals surface area contributed by atoms with E-state index in [-0.39, 0.29) is 24.8 Å². The van der Waals surface area contributed by atoms with Gasteiger partial charge >= 0.3 is 5.69 Å². The van der Waals surface area contributed by atoms with Crippen LogP contribution < -0.4 is 15.7 Å². The van der Waals surface area contributed by atoms with Crippen molar-refractivity contribution < 1.29 is 19.7 Å². The van der Waals surface area contributed by atoms with Gasteiger partial charge in [0, 0.05) is 20.7 Å². The van der Waals surface area contributed by atoms with Gasteiger partial charge in [-0.05, 0) is 76.7 Å². The molecule has 2 atom stereocenters. The van der Waals surface area contributed by atoms with E-state index >= 15 is 0 Å². The topological polar surface area (TPSA) is 117 Å². The molecule has 4 N–H and O–H groups in total. The van der Waals surface area contributed by atoms with Gasteiger partial charge in [0.05, 0.1) is 6.61 Å². The Morgan fingerprint density at radius 1 is 1.06 bits per heavy atom. The van der Waals surface area contributed by atoms with Gasteiger partial charge in [-0.25, -0.2) is 9.36 Å².